The van der Waals surface area contributed by atoms with Crippen molar-refractivity contribution >= 4 is 13.7 Å². The number of aliphatic hydroxyl groups is 7. The molecule has 59 heavy (non-hydrogen) atoms. The molecule has 0 radical (unpaired) electrons. The summed E-state index contributed by atoms with van der Waals surface area (Å²) in [4.78, 5) is 23.3. The summed E-state index contributed by atoms with van der Waals surface area (Å²) in [6.45, 7) is 3.47. The minimum Gasteiger partial charge on any atom is -0.393 e. The summed E-state index contributed by atoms with van der Waals surface area (Å²) in [5.41, 5.74) is 0. The van der Waals surface area contributed by atoms with E-state index >= 15 is 0 Å². The number of hydrogen-bond donors (Lipinski definition) is 9. The van der Waals surface area contributed by atoms with Crippen LogP contribution in [0, 0.1) is 0 Å². The fourth-order valence-electron chi connectivity index (χ4n) is 6.98. The van der Waals surface area contributed by atoms with E-state index < -0.39 is 75.2 Å². The fraction of sp³-hybridized carbons (Fsp3) is 0.800. The topological polar surface area (TPSA) is 226 Å². The molecular weight excluding hydrogens is 777 g/mol. The quantitative estimate of drug-likeness (QED) is 0.0174. The molecule has 0 aromatic carbocycles. The van der Waals surface area contributed by atoms with Crippen LogP contribution in [0.4, 0.5) is 0 Å². The highest BCUT2D eigenvalue weighted by atomic mass is 31.2. The molecule has 1 aliphatic carbocycles. The number of rotatable bonds is 36. The molecule has 1 aliphatic rings. The van der Waals surface area contributed by atoms with Crippen molar-refractivity contribution in [3.63, 3.8) is 0 Å². The molecule has 0 aromatic rings. The summed E-state index contributed by atoms with van der Waals surface area (Å²) < 4.78 is 22.7. The van der Waals surface area contributed by atoms with Gasteiger partial charge < -0.3 is 46.0 Å². The molecule has 0 heterocycles. The number of phosphoric acid groups is 1. The van der Waals surface area contributed by atoms with Crippen molar-refractivity contribution in [1.82, 2.24) is 5.32 Å². The van der Waals surface area contributed by atoms with E-state index in [-0.39, 0.29) is 6.42 Å². The number of unbranched alkanes of at least 4 members (excludes halogenated alkanes) is 18. The number of amides is 1. The van der Waals surface area contributed by atoms with Gasteiger partial charge in [-0.2, -0.15) is 0 Å². The standard InChI is InChI=1S/C45H82NO12P/c1-3-5-7-9-11-13-14-15-16-17-18-19-20-21-22-23-25-26-28-30-32-36(47)34-39(49)46-37(38(48)33-31-29-27-24-12-10-8-6-4-2)35-57-59(55,56)58-45-43(53)41(51)40(50)42(52)44(45)54/h4,6,12,20-21,24,31,33,36-38,40-45,47-48,50-54H,3,5,7-11,13-19,22-23,25-30,32,34-35H2,1-2H3,(H,46,49)(H,55,56)/b6-4+,21-20-,24-12+,33-31+. The summed E-state index contributed by atoms with van der Waals surface area (Å²) >= 11 is 0. The van der Waals surface area contributed by atoms with E-state index in [9.17, 15) is 50.0 Å². The van der Waals surface area contributed by atoms with E-state index in [2.05, 4.69) is 36.5 Å². The molecule has 8 atom stereocenters. The normalized spacial score (nSPS) is 24.0. The number of allylic oxidation sites excluding steroid dienone is 7. The maximum atomic E-state index is 12.9. The largest absolute Gasteiger partial charge is 0.472 e. The first-order valence-electron chi connectivity index (χ1n) is 22.6. The van der Waals surface area contributed by atoms with Gasteiger partial charge in [-0.1, -0.05) is 145 Å². The Hall–Kier alpha value is -1.74. The average Bonchev–Trinajstić information content (AvgIpc) is 3.21. The van der Waals surface area contributed by atoms with E-state index in [0.717, 1.165) is 57.8 Å². The summed E-state index contributed by atoms with van der Waals surface area (Å²) in [5.74, 6) is -0.616. The van der Waals surface area contributed by atoms with Gasteiger partial charge in [0, 0.05) is 0 Å². The van der Waals surface area contributed by atoms with Crippen molar-refractivity contribution in [2.75, 3.05) is 6.61 Å². The first-order valence-corrected chi connectivity index (χ1v) is 24.1. The van der Waals surface area contributed by atoms with E-state index in [1.54, 1.807) is 6.08 Å². The fourth-order valence-corrected chi connectivity index (χ4v) is 7.95. The Kier molecular flexibility index (Phi) is 32.6. The van der Waals surface area contributed by atoms with Crippen molar-refractivity contribution in [3.8, 4) is 0 Å². The summed E-state index contributed by atoms with van der Waals surface area (Å²) in [6, 6.07) is -1.26. The van der Waals surface area contributed by atoms with Crippen LogP contribution in [0.25, 0.3) is 0 Å². The Morgan fingerprint density at radius 3 is 1.59 bits per heavy atom. The number of carbonyl (C=O) groups excluding carboxylic acids is 1. The van der Waals surface area contributed by atoms with Gasteiger partial charge in [-0.25, -0.2) is 4.57 Å². The number of nitrogens with one attached hydrogen (secondary N) is 1. The Morgan fingerprint density at radius 1 is 0.627 bits per heavy atom. The highest BCUT2D eigenvalue weighted by molar-refractivity contribution is 7.47. The lowest BCUT2D eigenvalue weighted by Gasteiger charge is -2.41. The van der Waals surface area contributed by atoms with Crippen LogP contribution in [0.3, 0.4) is 0 Å². The maximum Gasteiger partial charge on any atom is 0.472 e. The van der Waals surface area contributed by atoms with Crippen LogP contribution in [0.15, 0.2) is 48.6 Å². The molecule has 1 saturated carbocycles. The first-order chi connectivity index (χ1) is 28.3. The summed E-state index contributed by atoms with van der Waals surface area (Å²) in [5, 5.41) is 74.1. The molecule has 0 bridgehead atoms. The molecule has 0 spiro atoms. The van der Waals surface area contributed by atoms with Crippen molar-refractivity contribution in [2.45, 2.75) is 223 Å². The second-order valence-electron chi connectivity index (χ2n) is 16.1. The van der Waals surface area contributed by atoms with E-state index in [1.807, 2.05) is 19.1 Å². The zero-order valence-electron chi connectivity index (χ0n) is 36.2. The van der Waals surface area contributed by atoms with Gasteiger partial charge in [0.25, 0.3) is 0 Å². The molecule has 13 nitrogen and oxygen atoms in total. The molecule has 14 heteroatoms. The predicted octanol–water partition coefficient (Wildman–Crippen LogP) is 7.14. The third-order valence-corrected chi connectivity index (χ3v) is 11.7. The van der Waals surface area contributed by atoms with Crippen LogP contribution in [0.1, 0.15) is 168 Å². The molecule has 1 amide bonds. The SMILES string of the molecule is C/C=C/CC/C=C/CC/C=C/C(O)C(COP(=O)(O)OC1C(O)C(O)C(O)C(O)C1O)NC(=O)CC(O)CCCCCCC/C=C\CCCCCCCCCCCCC. The molecule has 344 valence electrons. The molecule has 1 fully saturated rings. The van der Waals surface area contributed by atoms with Gasteiger partial charge in [-0.3, -0.25) is 13.8 Å². The third-order valence-electron chi connectivity index (χ3n) is 10.7. The summed E-state index contributed by atoms with van der Waals surface area (Å²) in [7, 11) is -5.15. The number of phosphoric ester groups is 1. The maximum absolute atomic E-state index is 12.9. The first kappa shape index (κ1) is 55.3. The lowest BCUT2D eigenvalue weighted by atomic mass is 9.85. The Labute approximate surface area is 355 Å². The summed E-state index contributed by atoms with van der Waals surface area (Å²) in [6.07, 6.45) is 26.8. The third kappa shape index (κ3) is 27.0. The molecule has 1 rings (SSSR count). The Morgan fingerprint density at radius 2 is 1.07 bits per heavy atom. The molecule has 8 unspecified atom stereocenters. The van der Waals surface area contributed by atoms with Crippen LogP contribution in [0.5, 0.6) is 0 Å². The smallest absolute Gasteiger partial charge is 0.393 e. The molecule has 9 N–H and O–H groups in total. The van der Waals surface area contributed by atoms with Crippen LogP contribution in [-0.2, 0) is 18.4 Å². The second-order valence-corrected chi connectivity index (χ2v) is 17.5. The van der Waals surface area contributed by atoms with Crippen molar-refractivity contribution < 1.29 is 59.0 Å². The van der Waals surface area contributed by atoms with Crippen molar-refractivity contribution in [3.05, 3.63) is 48.6 Å². The van der Waals surface area contributed by atoms with Gasteiger partial charge in [-0.05, 0) is 64.7 Å². The molecular formula is C45H82NO12P. The lowest BCUT2D eigenvalue weighted by Crippen LogP contribution is -2.64. The van der Waals surface area contributed by atoms with Gasteiger partial charge >= 0.3 is 7.82 Å². The Bertz CT molecular complexity index is 1200. The Balaban J connectivity index is 2.47. The highest BCUT2D eigenvalue weighted by Gasteiger charge is 2.51. The monoisotopic (exact) mass is 860 g/mol. The number of hydrogen-bond acceptors (Lipinski definition) is 11. The van der Waals surface area contributed by atoms with Crippen LogP contribution in [0.2, 0.25) is 0 Å². The zero-order chi connectivity index (χ0) is 43.7. The van der Waals surface area contributed by atoms with E-state index in [0.29, 0.717) is 19.3 Å². The molecule has 0 saturated heterocycles. The number of carbonyl (C=O) groups is 1. The van der Waals surface area contributed by atoms with Gasteiger partial charge in [0.1, 0.15) is 36.6 Å². The predicted molar refractivity (Wildman–Crippen MR) is 233 cm³/mol. The highest BCUT2D eigenvalue weighted by Crippen LogP contribution is 2.47. The number of aliphatic hydroxyl groups excluding tert-OH is 7. The van der Waals surface area contributed by atoms with Gasteiger partial charge in [-0.15, -0.1) is 0 Å². The van der Waals surface area contributed by atoms with Crippen LogP contribution >= 0.6 is 7.82 Å². The minimum absolute atomic E-state index is 0.263. The van der Waals surface area contributed by atoms with Gasteiger partial charge in [0.15, 0.2) is 0 Å². The molecule has 0 aromatic heterocycles. The van der Waals surface area contributed by atoms with E-state index in [1.165, 1.54) is 76.7 Å². The average molecular weight is 860 g/mol. The second kappa shape index (κ2) is 34.8. The minimum atomic E-state index is -5.15. The van der Waals surface area contributed by atoms with Crippen LogP contribution in [-0.4, -0.2) is 108 Å². The lowest BCUT2D eigenvalue weighted by molar-refractivity contribution is -0.220. The van der Waals surface area contributed by atoms with Crippen LogP contribution < -0.4 is 5.32 Å². The van der Waals surface area contributed by atoms with Gasteiger partial charge in [0.05, 0.1) is 31.3 Å². The van der Waals surface area contributed by atoms with Crippen molar-refractivity contribution in [2.24, 2.45) is 0 Å². The van der Waals surface area contributed by atoms with Gasteiger partial charge in [0.2, 0.25) is 5.91 Å². The zero-order valence-corrected chi connectivity index (χ0v) is 37.0. The molecule has 0 aliphatic heterocycles. The van der Waals surface area contributed by atoms with E-state index in [4.69, 9.17) is 9.05 Å². The van der Waals surface area contributed by atoms with Crippen molar-refractivity contribution in [1.29, 1.82) is 0 Å².